The highest BCUT2D eigenvalue weighted by Gasteiger charge is 2.23. The first-order valence-corrected chi connectivity index (χ1v) is 7.18. The maximum atomic E-state index is 12.0. The molecule has 1 atom stereocenters. The third-order valence-corrected chi connectivity index (χ3v) is 3.30. The van der Waals surface area contributed by atoms with Gasteiger partial charge < -0.3 is 16.0 Å². The Morgan fingerprint density at radius 3 is 2.71 bits per heavy atom. The molecule has 2 amide bonds. The molecule has 0 aromatic carbocycles. The van der Waals surface area contributed by atoms with Gasteiger partial charge >= 0.3 is 0 Å². The SMILES string of the molecule is CC(C)CNC(=O)C(C)NC(=O)c1cn(C2CNC2)nn1. The highest BCUT2D eigenvalue weighted by atomic mass is 16.2. The average molecular weight is 294 g/mol. The number of hydrogen-bond donors (Lipinski definition) is 3. The lowest BCUT2D eigenvalue weighted by Gasteiger charge is -2.26. The van der Waals surface area contributed by atoms with Crippen LogP contribution in [0, 0.1) is 5.92 Å². The number of carbonyl (C=O) groups is 2. The zero-order valence-corrected chi connectivity index (χ0v) is 12.6. The molecule has 21 heavy (non-hydrogen) atoms. The topological polar surface area (TPSA) is 101 Å². The summed E-state index contributed by atoms with van der Waals surface area (Å²) < 4.78 is 1.68. The molecule has 1 fully saturated rings. The van der Waals surface area contributed by atoms with Crippen molar-refractivity contribution in [3.8, 4) is 0 Å². The molecule has 0 radical (unpaired) electrons. The number of hydrogen-bond acceptors (Lipinski definition) is 5. The molecule has 0 saturated carbocycles. The van der Waals surface area contributed by atoms with Crippen LogP contribution in [0.1, 0.15) is 37.3 Å². The van der Waals surface area contributed by atoms with Gasteiger partial charge in [0, 0.05) is 19.6 Å². The van der Waals surface area contributed by atoms with Crippen LogP contribution < -0.4 is 16.0 Å². The van der Waals surface area contributed by atoms with E-state index in [0.29, 0.717) is 12.5 Å². The van der Waals surface area contributed by atoms with Crippen molar-refractivity contribution in [2.75, 3.05) is 19.6 Å². The lowest BCUT2D eigenvalue weighted by Crippen LogP contribution is -2.45. The van der Waals surface area contributed by atoms with Gasteiger partial charge in [0.05, 0.1) is 12.2 Å². The van der Waals surface area contributed by atoms with Crippen molar-refractivity contribution < 1.29 is 9.59 Å². The first-order chi connectivity index (χ1) is 9.97. The van der Waals surface area contributed by atoms with Crippen molar-refractivity contribution in [2.24, 2.45) is 5.92 Å². The van der Waals surface area contributed by atoms with Gasteiger partial charge in [0.25, 0.3) is 5.91 Å². The second kappa shape index (κ2) is 6.66. The quantitative estimate of drug-likeness (QED) is 0.645. The molecule has 0 bridgehead atoms. The zero-order chi connectivity index (χ0) is 15.4. The number of aromatic nitrogens is 3. The van der Waals surface area contributed by atoms with Gasteiger partial charge in [0.2, 0.25) is 5.91 Å². The standard InChI is InChI=1S/C13H22N6O2/c1-8(2)4-15-12(20)9(3)16-13(21)11-7-19(18-17-11)10-5-14-6-10/h7-10,14H,4-6H2,1-3H3,(H,15,20)(H,16,21). The van der Waals surface area contributed by atoms with Crippen LogP contribution in [0.5, 0.6) is 0 Å². The summed E-state index contributed by atoms with van der Waals surface area (Å²) in [4.78, 5) is 23.8. The smallest absolute Gasteiger partial charge is 0.274 e. The van der Waals surface area contributed by atoms with E-state index < -0.39 is 6.04 Å². The van der Waals surface area contributed by atoms with Crippen LogP contribution in [0.2, 0.25) is 0 Å². The first-order valence-electron chi connectivity index (χ1n) is 7.18. The van der Waals surface area contributed by atoms with Gasteiger partial charge in [0.1, 0.15) is 6.04 Å². The van der Waals surface area contributed by atoms with Gasteiger partial charge in [-0.3, -0.25) is 9.59 Å². The molecular formula is C13H22N6O2. The fourth-order valence-electron chi connectivity index (χ4n) is 1.81. The van der Waals surface area contributed by atoms with Crippen molar-refractivity contribution >= 4 is 11.8 Å². The number of carbonyl (C=O) groups excluding carboxylic acids is 2. The number of amides is 2. The summed E-state index contributed by atoms with van der Waals surface area (Å²) in [5.41, 5.74) is 0.227. The van der Waals surface area contributed by atoms with Crippen molar-refractivity contribution in [1.82, 2.24) is 30.9 Å². The molecule has 0 spiro atoms. The minimum atomic E-state index is -0.605. The second-order valence-corrected chi connectivity index (χ2v) is 5.73. The maximum Gasteiger partial charge on any atom is 0.274 e. The molecule has 3 N–H and O–H groups in total. The van der Waals surface area contributed by atoms with Crippen LogP contribution in [0.3, 0.4) is 0 Å². The molecule has 8 heteroatoms. The Morgan fingerprint density at radius 2 is 2.14 bits per heavy atom. The first kappa shape index (κ1) is 15.4. The van der Waals surface area contributed by atoms with Crippen molar-refractivity contribution in [2.45, 2.75) is 32.9 Å². The van der Waals surface area contributed by atoms with E-state index in [9.17, 15) is 9.59 Å². The van der Waals surface area contributed by atoms with Crippen LogP contribution in [0.15, 0.2) is 6.20 Å². The van der Waals surface area contributed by atoms with Crippen molar-refractivity contribution in [3.05, 3.63) is 11.9 Å². The van der Waals surface area contributed by atoms with Gasteiger partial charge in [-0.25, -0.2) is 4.68 Å². The second-order valence-electron chi connectivity index (χ2n) is 5.73. The zero-order valence-electron chi connectivity index (χ0n) is 12.6. The monoisotopic (exact) mass is 294 g/mol. The molecule has 8 nitrogen and oxygen atoms in total. The van der Waals surface area contributed by atoms with E-state index in [1.165, 1.54) is 0 Å². The van der Waals surface area contributed by atoms with Crippen molar-refractivity contribution in [1.29, 1.82) is 0 Å². The molecule has 1 aliphatic rings. The Morgan fingerprint density at radius 1 is 1.43 bits per heavy atom. The lowest BCUT2D eigenvalue weighted by molar-refractivity contribution is -0.122. The molecule has 1 saturated heterocycles. The van der Waals surface area contributed by atoms with Gasteiger partial charge in [-0.15, -0.1) is 5.10 Å². The molecule has 2 rings (SSSR count). The predicted molar refractivity (Wildman–Crippen MR) is 76.7 cm³/mol. The maximum absolute atomic E-state index is 12.0. The summed E-state index contributed by atoms with van der Waals surface area (Å²) >= 11 is 0. The van der Waals surface area contributed by atoms with E-state index in [4.69, 9.17) is 0 Å². The van der Waals surface area contributed by atoms with E-state index in [1.54, 1.807) is 17.8 Å². The summed E-state index contributed by atoms with van der Waals surface area (Å²) in [5, 5.41) is 16.3. The van der Waals surface area contributed by atoms with E-state index in [-0.39, 0.29) is 23.6 Å². The molecule has 1 unspecified atom stereocenters. The fraction of sp³-hybridized carbons (Fsp3) is 0.692. The Bertz CT molecular complexity index is 509. The summed E-state index contributed by atoms with van der Waals surface area (Å²) in [6.07, 6.45) is 1.61. The molecule has 1 aromatic heterocycles. The molecule has 1 aliphatic heterocycles. The third-order valence-electron chi connectivity index (χ3n) is 3.30. The van der Waals surface area contributed by atoms with Crippen LogP contribution in [-0.4, -0.2) is 52.5 Å². The highest BCUT2D eigenvalue weighted by molar-refractivity contribution is 5.95. The van der Waals surface area contributed by atoms with Gasteiger partial charge in [-0.1, -0.05) is 19.1 Å². The van der Waals surface area contributed by atoms with E-state index in [1.807, 2.05) is 13.8 Å². The molecule has 2 heterocycles. The van der Waals surface area contributed by atoms with E-state index in [0.717, 1.165) is 13.1 Å². The molecule has 0 aliphatic carbocycles. The van der Waals surface area contributed by atoms with Gasteiger partial charge in [-0.2, -0.15) is 0 Å². The average Bonchev–Trinajstić information content (AvgIpc) is 2.82. The molecule has 116 valence electrons. The minimum absolute atomic E-state index is 0.201. The highest BCUT2D eigenvalue weighted by Crippen LogP contribution is 2.09. The normalized spacial score (nSPS) is 16.4. The number of nitrogens with zero attached hydrogens (tertiary/aromatic N) is 3. The summed E-state index contributed by atoms with van der Waals surface area (Å²) in [7, 11) is 0. The molecule has 1 aromatic rings. The molecular weight excluding hydrogens is 272 g/mol. The van der Waals surface area contributed by atoms with Crippen LogP contribution >= 0.6 is 0 Å². The third kappa shape index (κ3) is 4.01. The number of rotatable bonds is 6. The van der Waals surface area contributed by atoms with Crippen molar-refractivity contribution in [3.63, 3.8) is 0 Å². The fourth-order valence-corrected chi connectivity index (χ4v) is 1.81. The van der Waals surface area contributed by atoms with Crippen LogP contribution in [0.4, 0.5) is 0 Å². The Hall–Kier alpha value is -1.96. The predicted octanol–water partition coefficient (Wildman–Crippen LogP) is -0.687. The van der Waals surface area contributed by atoms with Gasteiger partial charge in [-0.05, 0) is 12.8 Å². The Kier molecular flexibility index (Phi) is 4.89. The van der Waals surface area contributed by atoms with E-state index >= 15 is 0 Å². The Labute approximate surface area is 123 Å². The van der Waals surface area contributed by atoms with Crippen LogP contribution in [-0.2, 0) is 4.79 Å². The minimum Gasteiger partial charge on any atom is -0.354 e. The lowest BCUT2D eigenvalue weighted by atomic mass is 10.2. The Balaban J connectivity index is 1.85. The summed E-state index contributed by atoms with van der Waals surface area (Å²) in [6.45, 7) is 7.92. The summed E-state index contributed by atoms with van der Waals surface area (Å²) in [6, 6.07) is -0.349. The van der Waals surface area contributed by atoms with E-state index in [2.05, 4.69) is 26.3 Å². The largest absolute Gasteiger partial charge is 0.354 e. The number of nitrogens with one attached hydrogen (secondary N) is 3. The van der Waals surface area contributed by atoms with Gasteiger partial charge in [0.15, 0.2) is 5.69 Å². The summed E-state index contributed by atoms with van der Waals surface area (Å²) in [5.74, 6) is -0.221. The van der Waals surface area contributed by atoms with Crippen LogP contribution in [0.25, 0.3) is 0 Å².